The molecule has 0 spiro atoms. The molecule has 0 radical (unpaired) electrons. The van der Waals surface area contributed by atoms with Crippen LogP contribution in [0.25, 0.3) is 10.8 Å². The van der Waals surface area contributed by atoms with Crippen LogP contribution in [0.4, 0.5) is 0 Å². The number of hydrogen-bond acceptors (Lipinski definition) is 2. The Bertz CT molecular complexity index is 637. The molecule has 3 heteroatoms. The highest BCUT2D eigenvalue weighted by Gasteiger charge is 2.30. The zero-order valence-corrected chi connectivity index (χ0v) is 15.6. The highest BCUT2D eigenvalue weighted by Crippen LogP contribution is 2.34. The molecule has 1 fully saturated rings. The fraction of sp³-hybridized carbons (Fsp3) is 0.524. The van der Waals surface area contributed by atoms with Crippen LogP contribution in [0, 0.1) is 5.92 Å². The van der Waals surface area contributed by atoms with E-state index in [1.807, 2.05) is 0 Å². The van der Waals surface area contributed by atoms with E-state index in [1.54, 1.807) is 0 Å². The van der Waals surface area contributed by atoms with Gasteiger partial charge in [0.1, 0.15) is 0 Å². The molecule has 2 atom stereocenters. The molecule has 2 aromatic carbocycles. The summed E-state index contributed by atoms with van der Waals surface area (Å²) < 4.78 is 0. The van der Waals surface area contributed by atoms with Gasteiger partial charge in [-0.15, -0.1) is 12.4 Å². The van der Waals surface area contributed by atoms with E-state index in [1.165, 1.54) is 48.4 Å². The second-order valence-corrected chi connectivity index (χ2v) is 7.36. The summed E-state index contributed by atoms with van der Waals surface area (Å²) in [6.07, 6.45) is 6.00. The van der Waals surface area contributed by atoms with Gasteiger partial charge in [0, 0.05) is 12.5 Å². The molecule has 0 aromatic heterocycles. The van der Waals surface area contributed by atoms with E-state index < -0.39 is 0 Å². The van der Waals surface area contributed by atoms with Crippen LogP contribution < -0.4 is 0 Å². The lowest BCUT2D eigenvalue weighted by Crippen LogP contribution is -2.35. The van der Waals surface area contributed by atoms with Crippen LogP contribution in [0.5, 0.6) is 0 Å². The van der Waals surface area contributed by atoms with Crippen molar-refractivity contribution in [3.8, 4) is 0 Å². The van der Waals surface area contributed by atoms with E-state index in [9.17, 15) is 5.11 Å². The average Bonchev–Trinajstić information content (AvgIpc) is 2.59. The third kappa shape index (κ3) is 4.50. The van der Waals surface area contributed by atoms with E-state index in [0.717, 1.165) is 6.54 Å². The van der Waals surface area contributed by atoms with Gasteiger partial charge in [-0.3, -0.25) is 0 Å². The van der Waals surface area contributed by atoms with Gasteiger partial charge in [-0.05, 0) is 49.2 Å². The summed E-state index contributed by atoms with van der Waals surface area (Å²) in [4.78, 5) is 2.20. The number of benzene rings is 2. The normalized spacial score (nSPS) is 18.3. The Morgan fingerprint density at radius 3 is 2.33 bits per heavy atom. The Morgan fingerprint density at radius 1 is 1.00 bits per heavy atom. The lowest BCUT2D eigenvalue weighted by atomic mass is 9.78. The number of halogens is 1. The van der Waals surface area contributed by atoms with Gasteiger partial charge >= 0.3 is 0 Å². The number of likely N-dealkylation sites (N-methyl/N-ethyl adjacent to an activating group) is 1. The van der Waals surface area contributed by atoms with Gasteiger partial charge in [0.2, 0.25) is 0 Å². The molecular formula is C21H30ClNO. The van der Waals surface area contributed by atoms with Crippen LogP contribution in [0.2, 0.25) is 0 Å². The molecule has 132 valence electrons. The van der Waals surface area contributed by atoms with Crippen molar-refractivity contribution in [2.45, 2.75) is 44.1 Å². The Morgan fingerprint density at radius 2 is 1.67 bits per heavy atom. The number of nitrogens with zero attached hydrogens (tertiary/aromatic N) is 1. The number of aliphatic hydroxyl groups excluding tert-OH is 1. The summed E-state index contributed by atoms with van der Waals surface area (Å²) in [5.74, 6) is 0.651. The van der Waals surface area contributed by atoms with E-state index in [0.29, 0.717) is 5.92 Å². The van der Waals surface area contributed by atoms with Crippen molar-refractivity contribution in [3.63, 3.8) is 0 Å². The molecule has 0 heterocycles. The van der Waals surface area contributed by atoms with Crippen LogP contribution in [0.3, 0.4) is 0 Å². The predicted octanol–water partition coefficient (Wildman–Crippen LogP) is 4.85. The SMILES string of the molecule is CN(C)C[C@@H](c1ccc2ccccc2c1)[C@@H](O)C1CCCCC1.Cl. The second kappa shape index (κ2) is 8.84. The van der Waals surface area contributed by atoms with Crippen molar-refractivity contribution in [2.75, 3.05) is 20.6 Å². The Hall–Kier alpha value is -1.09. The zero-order valence-electron chi connectivity index (χ0n) is 14.8. The molecule has 0 bridgehead atoms. The summed E-state index contributed by atoms with van der Waals surface area (Å²) in [6.45, 7) is 0.899. The molecule has 0 saturated heterocycles. The Kier molecular flexibility index (Phi) is 7.09. The lowest BCUT2D eigenvalue weighted by molar-refractivity contribution is 0.0520. The maximum absolute atomic E-state index is 11.1. The molecule has 1 N–H and O–H groups in total. The van der Waals surface area contributed by atoms with Gasteiger partial charge < -0.3 is 10.0 Å². The van der Waals surface area contributed by atoms with E-state index >= 15 is 0 Å². The molecule has 1 aliphatic rings. The highest BCUT2D eigenvalue weighted by molar-refractivity contribution is 5.85. The van der Waals surface area contributed by atoms with Crippen molar-refractivity contribution in [1.29, 1.82) is 0 Å². The maximum Gasteiger partial charge on any atom is 0.0649 e. The summed E-state index contributed by atoms with van der Waals surface area (Å²) in [5, 5.41) is 13.6. The van der Waals surface area contributed by atoms with Crippen molar-refractivity contribution in [1.82, 2.24) is 4.90 Å². The topological polar surface area (TPSA) is 23.5 Å². The maximum atomic E-state index is 11.1. The predicted molar refractivity (Wildman–Crippen MR) is 105 cm³/mol. The minimum absolute atomic E-state index is 0. The van der Waals surface area contributed by atoms with Crippen LogP contribution in [0.1, 0.15) is 43.6 Å². The van der Waals surface area contributed by atoms with Gasteiger partial charge in [-0.1, -0.05) is 61.7 Å². The third-order valence-electron chi connectivity index (χ3n) is 5.31. The standard InChI is InChI=1S/C21H29NO.ClH/c1-22(2)15-20(21(23)17-9-4-3-5-10-17)19-13-12-16-8-6-7-11-18(16)14-19;/h6-8,11-14,17,20-21,23H,3-5,9-10,15H2,1-2H3;1H/t20-,21-;/m0./s1. The Labute approximate surface area is 152 Å². The van der Waals surface area contributed by atoms with Crippen LogP contribution >= 0.6 is 12.4 Å². The van der Waals surface area contributed by atoms with Gasteiger partial charge in [-0.25, -0.2) is 0 Å². The fourth-order valence-corrected chi connectivity index (χ4v) is 4.05. The largest absolute Gasteiger partial charge is 0.392 e. The van der Waals surface area contributed by atoms with Crippen molar-refractivity contribution in [3.05, 3.63) is 48.0 Å². The molecule has 0 unspecified atom stereocenters. The molecule has 24 heavy (non-hydrogen) atoms. The lowest BCUT2D eigenvalue weighted by Gasteiger charge is -2.34. The quantitative estimate of drug-likeness (QED) is 0.835. The third-order valence-corrected chi connectivity index (χ3v) is 5.31. The van der Waals surface area contributed by atoms with E-state index in [2.05, 4.69) is 61.5 Å². The van der Waals surface area contributed by atoms with E-state index in [4.69, 9.17) is 0 Å². The molecule has 0 amide bonds. The second-order valence-electron chi connectivity index (χ2n) is 7.36. The van der Waals surface area contributed by atoms with E-state index in [-0.39, 0.29) is 24.4 Å². The smallest absolute Gasteiger partial charge is 0.0649 e. The fourth-order valence-electron chi connectivity index (χ4n) is 4.05. The number of hydrogen-bond donors (Lipinski definition) is 1. The number of rotatable bonds is 5. The highest BCUT2D eigenvalue weighted by atomic mass is 35.5. The molecule has 2 aromatic rings. The molecule has 1 aliphatic carbocycles. The Balaban J connectivity index is 0.00000208. The first kappa shape index (κ1) is 19.2. The first-order valence-electron chi connectivity index (χ1n) is 8.96. The molecule has 1 saturated carbocycles. The molecule has 3 rings (SSSR count). The van der Waals surface area contributed by atoms with Crippen molar-refractivity contribution < 1.29 is 5.11 Å². The van der Waals surface area contributed by atoms with Gasteiger partial charge in [-0.2, -0.15) is 0 Å². The summed E-state index contributed by atoms with van der Waals surface area (Å²) in [7, 11) is 4.20. The first-order chi connectivity index (χ1) is 11.1. The van der Waals surface area contributed by atoms with Gasteiger partial charge in [0.15, 0.2) is 0 Å². The monoisotopic (exact) mass is 347 g/mol. The average molecular weight is 348 g/mol. The van der Waals surface area contributed by atoms with Crippen LogP contribution in [0.15, 0.2) is 42.5 Å². The minimum Gasteiger partial charge on any atom is -0.392 e. The van der Waals surface area contributed by atoms with Gasteiger partial charge in [0.05, 0.1) is 6.10 Å². The number of fused-ring (bicyclic) bond motifs is 1. The van der Waals surface area contributed by atoms with Crippen molar-refractivity contribution in [2.24, 2.45) is 5.92 Å². The van der Waals surface area contributed by atoms with Gasteiger partial charge in [0.25, 0.3) is 0 Å². The summed E-state index contributed by atoms with van der Waals surface area (Å²) >= 11 is 0. The van der Waals surface area contributed by atoms with Crippen molar-refractivity contribution >= 4 is 23.2 Å². The minimum atomic E-state index is -0.237. The molecular weight excluding hydrogens is 318 g/mol. The zero-order chi connectivity index (χ0) is 16.2. The summed E-state index contributed by atoms with van der Waals surface area (Å²) in [5.41, 5.74) is 1.27. The molecule has 2 nitrogen and oxygen atoms in total. The molecule has 0 aliphatic heterocycles. The van der Waals surface area contributed by atoms with Crippen LogP contribution in [-0.4, -0.2) is 36.8 Å². The first-order valence-corrected chi connectivity index (χ1v) is 8.96. The summed E-state index contributed by atoms with van der Waals surface area (Å²) in [6, 6.07) is 15.2. The number of aliphatic hydroxyl groups is 1. The van der Waals surface area contributed by atoms with Crippen LogP contribution in [-0.2, 0) is 0 Å².